The molecule has 2 unspecified atom stereocenters. The number of rotatable bonds is 13. The van der Waals surface area contributed by atoms with E-state index in [0.29, 0.717) is 29.8 Å². The van der Waals surface area contributed by atoms with Crippen molar-refractivity contribution in [3.8, 4) is 0 Å². The maximum Gasteiger partial charge on any atom is 0.416 e. The summed E-state index contributed by atoms with van der Waals surface area (Å²) >= 11 is 0. The molecule has 6 nitrogen and oxygen atoms in total. The molecule has 1 saturated heterocycles. The van der Waals surface area contributed by atoms with Crippen LogP contribution in [0.2, 0.25) is 0 Å². The molecular formula is C35H40F5N3O3. The van der Waals surface area contributed by atoms with E-state index in [1.165, 1.54) is 18.2 Å². The zero-order valence-corrected chi connectivity index (χ0v) is 26.2. The summed E-state index contributed by atoms with van der Waals surface area (Å²) in [5.41, 5.74) is 7.38. The fraction of sp³-hybridized carbons (Fsp3) is 0.457. The largest absolute Gasteiger partial charge is 0.416 e. The van der Waals surface area contributed by atoms with Gasteiger partial charge < -0.3 is 20.5 Å². The van der Waals surface area contributed by atoms with Gasteiger partial charge in [0.25, 0.3) is 5.91 Å². The zero-order valence-electron chi connectivity index (χ0n) is 26.2. The van der Waals surface area contributed by atoms with Crippen LogP contribution >= 0.6 is 0 Å². The Morgan fingerprint density at radius 3 is 2.33 bits per heavy atom. The highest BCUT2D eigenvalue weighted by Gasteiger charge is 2.58. The molecule has 1 heterocycles. The molecule has 5 atom stereocenters. The van der Waals surface area contributed by atoms with Gasteiger partial charge in [0.2, 0.25) is 0 Å². The molecule has 1 saturated carbocycles. The Labute approximate surface area is 265 Å². The molecule has 0 spiro atoms. The van der Waals surface area contributed by atoms with Crippen molar-refractivity contribution >= 4 is 5.91 Å². The van der Waals surface area contributed by atoms with Crippen molar-refractivity contribution < 1.29 is 36.6 Å². The monoisotopic (exact) mass is 645 g/mol. The van der Waals surface area contributed by atoms with Crippen molar-refractivity contribution in [3.05, 3.63) is 106 Å². The third kappa shape index (κ3) is 7.60. The highest BCUT2D eigenvalue weighted by molar-refractivity contribution is 5.94. The summed E-state index contributed by atoms with van der Waals surface area (Å²) in [5, 5.41) is 11.4. The van der Waals surface area contributed by atoms with Gasteiger partial charge in [0.15, 0.2) is 0 Å². The van der Waals surface area contributed by atoms with Gasteiger partial charge in [0, 0.05) is 43.7 Å². The van der Waals surface area contributed by atoms with Crippen molar-refractivity contribution in [2.45, 2.75) is 82.6 Å². The van der Waals surface area contributed by atoms with Crippen molar-refractivity contribution in [2.24, 2.45) is 5.73 Å². The molecule has 5 rings (SSSR count). The maximum absolute atomic E-state index is 13.9. The predicted octanol–water partition coefficient (Wildman–Crippen LogP) is 6.70. The molecule has 3 aromatic rings. The first kappa shape index (κ1) is 34.0. The minimum atomic E-state index is -4.53. The van der Waals surface area contributed by atoms with Gasteiger partial charge >= 0.3 is 6.18 Å². The number of halogens is 5. The number of nitrogens with zero attached hydrogens (tertiary/aromatic N) is 2. The second-order valence-corrected chi connectivity index (χ2v) is 12.6. The van der Waals surface area contributed by atoms with E-state index in [9.17, 15) is 31.9 Å². The number of carbonyl (C=O) groups is 1. The first-order chi connectivity index (χ1) is 21.7. The second kappa shape index (κ2) is 13.4. The van der Waals surface area contributed by atoms with Crippen LogP contribution in [0.25, 0.3) is 0 Å². The summed E-state index contributed by atoms with van der Waals surface area (Å²) in [6, 6.07) is 13.6. The van der Waals surface area contributed by atoms with E-state index < -0.39 is 53.3 Å². The number of hydrogen-bond donors (Lipinski definition) is 2. The molecule has 2 aliphatic rings. The van der Waals surface area contributed by atoms with Gasteiger partial charge in [0.05, 0.1) is 17.2 Å². The van der Waals surface area contributed by atoms with Gasteiger partial charge in [-0.05, 0) is 78.8 Å². The lowest BCUT2D eigenvalue weighted by Gasteiger charge is -2.28. The number of ether oxygens (including phenoxy) is 1. The number of nitrogens with two attached hydrogens (primary N) is 1. The van der Waals surface area contributed by atoms with E-state index in [2.05, 4.69) is 0 Å². The SMILES string of the molecule is CCCN(CCC)C(=O)c1cc(C)cc(C2OC2N(Cc2cccc(C(F)(F)F)c2)C[C@@H](O)[C@@]2(N)C[C@@H]2c2cc(F)cc(F)c2)c1. The quantitative estimate of drug-likeness (QED) is 0.160. The average Bonchev–Trinajstić information content (AvgIpc) is 3.91. The van der Waals surface area contributed by atoms with Crippen LogP contribution in [0.3, 0.4) is 0 Å². The lowest BCUT2D eigenvalue weighted by molar-refractivity contribution is -0.137. The van der Waals surface area contributed by atoms with E-state index in [1.807, 2.05) is 37.8 Å². The van der Waals surface area contributed by atoms with Crippen molar-refractivity contribution in [1.29, 1.82) is 0 Å². The molecule has 0 aromatic heterocycles. The molecule has 3 N–H and O–H groups in total. The Morgan fingerprint density at radius 1 is 1.02 bits per heavy atom. The number of benzene rings is 3. The first-order valence-corrected chi connectivity index (χ1v) is 15.6. The van der Waals surface area contributed by atoms with Crippen molar-refractivity contribution in [3.63, 3.8) is 0 Å². The van der Waals surface area contributed by atoms with E-state index >= 15 is 0 Å². The third-order valence-electron chi connectivity index (χ3n) is 8.78. The summed E-state index contributed by atoms with van der Waals surface area (Å²) in [7, 11) is 0. The Kier molecular flexibility index (Phi) is 9.89. The highest BCUT2D eigenvalue weighted by Crippen LogP contribution is 2.52. The summed E-state index contributed by atoms with van der Waals surface area (Å²) in [6.07, 6.45) is -4.93. The van der Waals surface area contributed by atoms with E-state index in [4.69, 9.17) is 10.5 Å². The molecule has 248 valence electrons. The number of hydrogen-bond acceptors (Lipinski definition) is 5. The van der Waals surface area contributed by atoms with E-state index in [-0.39, 0.29) is 25.4 Å². The summed E-state index contributed by atoms with van der Waals surface area (Å²) < 4.78 is 74.4. The van der Waals surface area contributed by atoms with Gasteiger partial charge in [-0.1, -0.05) is 38.1 Å². The summed E-state index contributed by atoms with van der Waals surface area (Å²) in [5.74, 6) is -2.08. The van der Waals surface area contributed by atoms with Crippen molar-refractivity contribution in [2.75, 3.05) is 19.6 Å². The number of amides is 1. The topological polar surface area (TPSA) is 82.3 Å². The Balaban J connectivity index is 1.39. The minimum Gasteiger partial charge on any atom is -0.390 e. The second-order valence-electron chi connectivity index (χ2n) is 12.6. The fourth-order valence-corrected chi connectivity index (χ4v) is 6.36. The first-order valence-electron chi connectivity index (χ1n) is 15.6. The van der Waals surface area contributed by atoms with Crippen LogP contribution < -0.4 is 5.73 Å². The molecule has 1 amide bonds. The number of aryl methyl sites for hydroxylation is 1. The molecule has 1 aliphatic carbocycles. The van der Waals surface area contributed by atoms with Crippen LogP contribution in [0, 0.1) is 18.6 Å². The van der Waals surface area contributed by atoms with Crippen LogP contribution in [0.15, 0.2) is 60.7 Å². The number of epoxide rings is 1. The summed E-state index contributed by atoms with van der Waals surface area (Å²) in [4.78, 5) is 16.9. The van der Waals surface area contributed by atoms with Crippen LogP contribution in [0.4, 0.5) is 22.0 Å². The smallest absolute Gasteiger partial charge is 0.390 e. The molecule has 46 heavy (non-hydrogen) atoms. The lowest BCUT2D eigenvalue weighted by atomic mass is 10.00. The molecule has 0 radical (unpaired) electrons. The Morgan fingerprint density at radius 2 is 1.70 bits per heavy atom. The van der Waals surface area contributed by atoms with Crippen LogP contribution in [0.5, 0.6) is 0 Å². The average molecular weight is 646 g/mol. The summed E-state index contributed by atoms with van der Waals surface area (Å²) in [6.45, 7) is 7.11. The van der Waals surface area contributed by atoms with E-state index in [0.717, 1.165) is 42.2 Å². The van der Waals surface area contributed by atoms with Gasteiger partial charge in [-0.3, -0.25) is 9.69 Å². The number of aliphatic hydroxyl groups is 1. The normalized spacial score (nSPS) is 23.0. The maximum atomic E-state index is 13.9. The van der Waals surface area contributed by atoms with Gasteiger partial charge in [-0.15, -0.1) is 0 Å². The molecule has 2 fully saturated rings. The standard InChI is InChI=1S/C35H40F5N3O3/c1-4-9-42(10-5-2)32(45)25-12-21(3)11-24(14-25)31-33(46-31)43(19-22-7-6-8-26(13-22)35(38,39)40)20-30(44)34(41)18-29(34)23-15-27(36)17-28(37)16-23/h6-8,11-17,29-31,33,44H,4-5,9-10,18-20,41H2,1-3H3/t29-,30-,31?,33?,34-/m1/s1. The minimum absolute atomic E-state index is 0.00979. The van der Waals surface area contributed by atoms with Gasteiger partial charge in [0.1, 0.15) is 24.0 Å². The molecule has 11 heteroatoms. The van der Waals surface area contributed by atoms with Crippen molar-refractivity contribution in [1.82, 2.24) is 9.80 Å². The van der Waals surface area contributed by atoms with Crippen LogP contribution in [0.1, 0.15) is 83.3 Å². The fourth-order valence-electron chi connectivity index (χ4n) is 6.36. The van der Waals surface area contributed by atoms with E-state index in [1.54, 1.807) is 17.0 Å². The zero-order chi connectivity index (χ0) is 33.4. The lowest BCUT2D eigenvalue weighted by Crippen LogP contribution is -2.47. The molecule has 3 aromatic carbocycles. The van der Waals surface area contributed by atoms with Crippen LogP contribution in [-0.2, 0) is 17.5 Å². The molecule has 1 aliphatic heterocycles. The third-order valence-corrected chi connectivity index (χ3v) is 8.78. The van der Waals surface area contributed by atoms with Gasteiger partial charge in [-0.2, -0.15) is 13.2 Å². The Bertz CT molecular complexity index is 1540. The number of alkyl halides is 3. The van der Waals surface area contributed by atoms with Gasteiger partial charge in [-0.25, -0.2) is 8.78 Å². The predicted molar refractivity (Wildman–Crippen MR) is 164 cm³/mol. The molecule has 0 bridgehead atoms. The molecular weight excluding hydrogens is 605 g/mol. The highest BCUT2D eigenvalue weighted by atomic mass is 19.4. The number of carbonyl (C=O) groups excluding carboxylic acids is 1. The number of aliphatic hydroxyl groups excluding tert-OH is 1. The Hall–Kier alpha value is -3.38. The van der Waals surface area contributed by atoms with Crippen LogP contribution in [-0.4, -0.2) is 58.3 Å².